The molecule has 0 bridgehead atoms. The molecule has 0 heterocycles. The highest BCUT2D eigenvalue weighted by atomic mass is 16.4. The standard InChI is InChI=1S/C15H26N2O4/c1-11-5-7-12(8-6-11)9-10-16-15(21)17-13(18)3-2-4-14(19)20/h11-12H,2-10H2,1H3,(H,19,20)(H2,16,17,18,21). The quantitative estimate of drug-likeness (QED) is 0.672. The summed E-state index contributed by atoms with van der Waals surface area (Å²) in [5.74, 6) is 0.128. The number of imide groups is 1. The van der Waals surface area contributed by atoms with E-state index < -0.39 is 17.9 Å². The molecule has 0 aromatic carbocycles. The molecule has 1 rings (SSSR count). The van der Waals surface area contributed by atoms with Gasteiger partial charge in [0.05, 0.1) is 0 Å². The molecule has 0 unspecified atom stereocenters. The van der Waals surface area contributed by atoms with Crippen LogP contribution in [0.5, 0.6) is 0 Å². The third-order valence-electron chi connectivity index (χ3n) is 4.02. The van der Waals surface area contributed by atoms with Gasteiger partial charge in [0, 0.05) is 19.4 Å². The number of nitrogens with one attached hydrogen (secondary N) is 2. The number of carboxylic acids is 1. The predicted octanol–water partition coefficient (Wildman–Crippen LogP) is 2.28. The van der Waals surface area contributed by atoms with Gasteiger partial charge in [0.15, 0.2) is 0 Å². The summed E-state index contributed by atoms with van der Waals surface area (Å²) in [5.41, 5.74) is 0. The molecule has 21 heavy (non-hydrogen) atoms. The second kappa shape index (κ2) is 9.37. The topological polar surface area (TPSA) is 95.5 Å². The molecule has 0 saturated heterocycles. The molecule has 1 fully saturated rings. The predicted molar refractivity (Wildman–Crippen MR) is 78.8 cm³/mol. The van der Waals surface area contributed by atoms with E-state index in [9.17, 15) is 14.4 Å². The average molecular weight is 298 g/mol. The zero-order chi connectivity index (χ0) is 15.7. The summed E-state index contributed by atoms with van der Waals surface area (Å²) >= 11 is 0. The van der Waals surface area contributed by atoms with Gasteiger partial charge in [-0.3, -0.25) is 14.9 Å². The van der Waals surface area contributed by atoms with Gasteiger partial charge in [0.25, 0.3) is 0 Å². The molecule has 6 heteroatoms. The minimum atomic E-state index is -0.936. The third kappa shape index (κ3) is 8.32. The van der Waals surface area contributed by atoms with Gasteiger partial charge in [-0.2, -0.15) is 0 Å². The lowest BCUT2D eigenvalue weighted by atomic mass is 9.81. The molecular formula is C15H26N2O4. The summed E-state index contributed by atoms with van der Waals surface area (Å²) in [6.07, 6.45) is 6.16. The third-order valence-corrected chi connectivity index (χ3v) is 4.02. The Balaban J connectivity index is 2.05. The Bertz CT molecular complexity index is 363. The largest absolute Gasteiger partial charge is 0.481 e. The van der Waals surface area contributed by atoms with Gasteiger partial charge >= 0.3 is 12.0 Å². The van der Waals surface area contributed by atoms with E-state index in [1.165, 1.54) is 25.7 Å². The summed E-state index contributed by atoms with van der Waals surface area (Å²) < 4.78 is 0. The first-order valence-electron chi connectivity index (χ1n) is 7.77. The van der Waals surface area contributed by atoms with E-state index in [2.05, 4.69) is 17.6 Å². The smallest absolute Gasteiger partial charge is 0.321 e. The lowest BCUT2D eigenvalue weighted by molar-refractivity contribution is -0.137. The normalized spacial score (nSPS) is 21.6. The van der Waals surface area contributed by atoms with Crippen LogP contribution >= 0.6 is 0 Å². The second-order valence-corrected chi connectivity index (χ2v) is 5.97. The number of carbonyl (C=O) groups is 3. The maximum absolute atomic E-state index is 11.5. The van der Waals surface area contributed by atoms with Crippen molar-refractivity contribution in [2.24, 2.45) is 11.8 Å². The Labute approximate surface area is 125 Å². The summed E-state index contributed by atoms with van der Waals surface area (Å²) in [5, 5.41) is 13.4. The van der Waals surface area contributed by atoms with Crippen molar-refractivity contribution >= 4 is 17.9 Å². The lowest BCUT2D eigenvalue weighted by Crippen LogP contribution is -2.40. The molecule has 0 aliphatic heterocycles. The van der Waals surface area contributed by atoms with Crippen molar-refractivity contribution in [3.05, 3.63) is 0 Å². The fourth-order valence-corrected chi connectivity index (χ4v) is 2.64. The van der Waals surface area contributed by atoms with Crippen LogP contribution in [0.1, 0.15) is 58.3 Å². The Morgan fingerprint density at radius 3 is 2.38 bits per heavy atom. The zero-order valence-electron chi connectivity index (χ0n) is 12.7. The summed E-state index contributed by atoms with van der Waals surface area (Å²) in [6, 6.07) is -0.487. The van der Waals surface area contributed by atoms with E-state index in [4.69, 9.17) is 5.11 Å². The van der Waals surface area contributed by atoms with Crippen molar-refractivity contribution in [2.75, 3.05) is 6.54 Å². The average Bonchev–Trinajstić information content (AvgIpc) is 2.40. The van der Waals surface area contributed by atoms with E-state index in [1.54, 1.807) is 0 Å². The Morgan fingerprint density at radius 2 is 1.76 bits per heavy atom. The molecule has 0 aromatic heterocycles. The first-order valence-corrected chi connectivity index (χ1v) is 7.77. The Hall–Kier alpha value is -1.59. The molecule has 1 saturated carbocycles. The van der Waals surface area contributed by atoms with Gasteiger partial charge in [-0.05, 0) is 24.7 Å². The van der Waals surface area contributed by atoms with Gasteiger partial charge in [-0.1, -0.05) is 32.6 Å². The number of urea groups is 1. The lowest BCUT2D eigenvalue weighted by Gasteiger charge is -2.26. The fourth-order valence-electron chi connectivity index (χ4n) is 2.64. The van der Waals surface area contributed by atoms with E-state index in [0.717, 1.165) is 12.3 Å². The Kier molecular flexibility index (Phi) is 7.79. The summed E-state index contributed by atoms with van der Waals surface area (Å²) in [6.45, 7) is 2.85. The summed E-state index contributed by atoms with van der Waals surface area (Å²) in [4.78, 5) is 33.2. The molecule has 120 valence electrons. The van der Waals surface area contributed by atoms with E-state index in [0.29, 0.717) is 12.5 Å². The van der Waals surface area contributed by atoms with Crippen LogP contribution in [0.2, 0.25) is 0 Å². The number of carboxylic acid groups (broad SMARTS) is 1. The molecule has 0 atom stereocenters. The van der Waals surface area contributed by atoms with Crippen LogP contribution in [0.4, 0.5) is 4.79 Å². The molecule has 0 spiro atoms. The SMILES string of the molecule is CC1CCC(CCNC(=O)NC(=O)CCCC(=O)O)CC1. The van der Waals surface area contributed by atoms with Crippen LogP contribution in [0.15, 0.2) is 0 Å². The van der Waals surface area contributed by atoms with Crippen molar-refractivity contribution < 1.29 is 19.5 Å². The van der Waals surface area contributed by atoms with E-state index in [1.807, 2.05) is 0 Å². The maximum atomic E-state index is 11.5. The number of carbonyl (C=O) groups excluding carboxylic acids is 2. The van der Waals surface area contributed by atoms with E-state index >= 15 is 0 Å². The van der Waals surface area contributed by atoms with Crippen LogP contribution < -0.4 is 10.6 Å². The first-order chi connectivity index (χ1) is 9.97. The first kappa shape index (κ1) is 17.5. The number of rotatable bonds is 7. The number of amides is 3. The van der Waals surface area contributed by atoms with Crippen molar-refractivity contribution in [1.82, 2.24) is 10.6 Å². The minimum Gasteiger partial charge on any atom is -0.481 e. The highest BCUT2D eigenvalue weighted by Crippen LogP contribution is 2.29. The summed E-state index contributed by atoms with van der Waals surface area (Å²) in [7, 11) is 0. The number of hydrogen-bond donors (Lipinski definition) is 3. The van der Waals surface area contributed by atoms with Gasteiger partial charge in [0.1, 0.15) is 0 Å². The maximum Gasteiger partial charge on any atom is 0.321 e. The van der Waals surface area contributed by atoms with Crippen LogP contribution in [0.3, 0.4) is 0 Å². The van der Waals surface area contributed by atoms with Gasteiger partial charge in [0.2, 0.25) is 5.91 Å². The highest BCUT2D eigenvalue weighted by molar-refractivity contribution is 5.94. The molecule has 1 aliphatic carbocycles. The fraction of sp³-hybridized carbons (Fsp3) is 0.800. The molecule has 3 N–H and O–H groups in total. The van der Waals surface area contributed by atoms with Gasteiger partial charge in [-0.25, -0.2) is 4.79 Å². The van der Waals surface area contributed by atoms with Crippen molar-refractivity contribution in [1.29, 1.82) is 0 Å². The molecule has 1 aliphatic rings. The van der Waals surface area contributed by atoms with Gasteiger partial charge in [-0.15, -0.1) is 0 Å². The highest BCUT2D eigenvalue weighted by Gasteiger charge is 2.18. The molecule has 3 amide bonds. The monoisotopic (exact) mass is 298 g/mol. The van der Waals surface area contributed by atoms with Crippen molar-refractivity contribution in [2.45, 2.75) is 58.3 Å². The Morgan fingerprint density at radius 1 is 1.10 bits per heavy atom. The van der Waals surface area contributed by atoms with Crippen molar-refractivity contribution in [3.8, 4) is 0 Å². The van der Waals surface area contributed by atoms with Crippen LogP contribution in [0.25, 0.3) is 0 Å². The van der Waals surface area contributed by atoms with Crippen LogP contribution in [-0.4, -0.2) is 29.6 Å². The minimum absolute atomic E-state index is 0.0558. The number of aliphatic carboxylic acids is 1. The van der Waals surface area contributed by atoms with Crippen molar-refractivity contribution in [3.63, 3.8) is 0 Å². The number of hydrogen-bond acceptors (Lipinski definition) is 3. The molecular weight excluding hydrogens is 272 g/mol. The van der Waals surface area contributed by atoms with Crippen LogP contribution in [-0.2, 0) is 9.59 Å². The molecule has 0 aromatic rings. The molecule has 0 radical (unpaired) electrons. The second-order valence-electron chi connectivity index (χ2n) is 5.97. The van der Waals surface area contributed by atoms with Gasteiger partial charge < -0.3 is 10.4 Å². The zero-order valence-corrected chi connectivity index (χ0v) is 12.7. The van der Waals surface area contributed by atoms with E-state index in [-0.39, 0.29) is 19.3 Å². The van der Waals surface area contributed by atoms with Crippen LogP contribution in [0, 0.1) is 11.8 Å². The molecule has 6 nitrogen and oxygen atoms in total.